The monoisotopic (exact) mass is 525 g/mol. The van der Waals surface area contributed by atoms with Crippen LogP contribution in [0.3, 0.4) is 0 Å². The number of benzene rings is 3. The van der Waals surface area contributed by atoms with Gasteiger partial charge in [-0.15, -0.1) is 0 Å². The van der Waals surface area contributed by atoms with Gasteiger partial charge in [0, 0.05) is 32.4 Å². The lowest BCUT2D eigenvalue weighted by atomic mass is 10.1. The topological polar surface area (TPSA) is 89.0 Å². The molecule has 2 heterocycles. The molecule has 0 N–H and O–H groups in total. The highest BCUT2D eigenvalue weighted by atomic mass is 32.2. The number of aromatic nitrogens is 1. The molecule has 3 aromatic carbocycles. The molecule has 1 aliphatic heterocycles. The molecule has 1 fully saturated rings. The van der Waals surface area contributed by atoms with Crippen LogP contribution >= 0.6 is 11.3 Å². The van der Waals surface area contributed by atoms with Crippen LogP contribution in [0.15, 0.2) is 65.6 Å². The summed E-state index contributed by atoms with van der Waals surface area (Å²) in [6.45, 7) is 3.83. The lowest BCUT2D eigenvalue weighted by molar-refractivity contribution is -0.120. The number of thiazole rings is 1. The van der Waals surface area contributed by atoms with E-state index in [0.717, 1.165) is 23.9 Å². The lowest BCUT2D eigenvalue weighted by Gasteiger charge is -2.29. The van der Waals surface area contributed by atoms with Gasteiger partial charge in [-0.05, 0) is 35.0 Å². The van der Waals surface area contributed by atoms with Gasteiger partial charge in [0.1, 0.15) is 11.3 Å². The molecular weight excluding hydrogens is 498 g/mol. The summed E-state index contributed by atoms with van der Waals surface area (Å²) in [5.41, 5.74) is 0.389. The van der Waals surface area contributed by atoms with Gasteiger partial charge in [-0.25, -0.2) is 13.4 Å². The maximum absolute atomic E-state index is 13.4. The summed E-state index contributed by atoms with van der Waals surface area (Å²) in [5, 5.41) is 2.59. The Morgan fingerprint density at radius 2 is 1.86 bits per heavy atom. The zero-order chi connectivity index (χ0) is 25.1. The van der Waals surface area contributed by atoms with Crippen molar-refractivity contribution in [2.45, 2.75) is 4.90 Å². The van der Waals surface area contributed by atoms with Gasteiger partial charge in [0.2, 0.25) is 0 Å². The Bertz CT molecular complexity index is 1500. The van der Waals surface area contributed by atoms with Gasteiger partial charge in [-0.2, -0.15) is 0 Å². The second-order valence-electron chi connectivity index (χ2n) is 8.67. The number of nitrogens with zero attached hydrogens (tertiary/aromatic N) is 3. The second-order valence-corrected chi connectivity index (χ2v) is 11.7. The van der Waals surface area contributed by atoms with Crippen molar-refractivity contribution in [2.24, 2.45) is 0 Å². The first-order valence-corrected chi connectivity index (χ1v) is 14.4. The summed E-state index contributed by atoms with van der Waals surface area (Å²) in [7, 11) is -3.46. The number of amides is 1. The van der Waals surface area contributed by atoms with E-state index < -0.39 is 9.84 Å². The predicted molar refractivity (Wildman–Crippen MR) is 142 cm³/mol. The number of carbonyl (C=O) groups excluding carboxylic acids is 1. The summed E-state index contributed by atoms with van der Waals surface area (Å²) >= 11 is 1.30. The van der Waals surface area contributed by atoms with Gasteiger partial charge in [0.15, 0.2) is 21.6 Å². The molecule has 0 saturated carbocycles. The zero-order valence-electron chi connectivity index (χ0n) is 19.9. The quantitative estimate of drug-likeness (QED) is 0.347. The normalized spacial score (nSPS) is 14.8. The molecule has 0 atom stereocenters. The number of hydrogen-bond donors (Lipinski definition) is 0. The van der Waals surface area contributed by atoms with Crippen LogP contribution in [0, 0.1) is 0 Å². The van der Waals surface area contributed by atoms with Crippen LogP contribution in [-0.2, 0) is 19.4 Å². The Balaban J connectivity index is 1.39. The summed E-state index contributed by atoms with van der Waals surface area (Å²) in [6.07, 6.45) is 1.17. The van der Waals surface area contributed by atoms with E-state index in [0.29, 0.717) is 47.4 Å². The molecular formula is C26H27N3O5S2. The van der Waals surface area contributed by atoms with Crippen LogP contribution in [0.5, 0.6) is 5.75 Å². The number of fused-ring (bicyclic) bond motifs is 2. The van der Waals surface area contributed by atoms with Crippen molar-refractivity contribution in [3.63, 3.8) is 0 Å². The minimum atomic E-state index is -3.46. The third-order valence-electron chi connectivity index (χ3n) is 6.13. The van der Waals surface area contributed by atoms with Crippen LogP contribution in [0.2, 0.25) is 0 Å². The SMILES string of the molecule is CS(=O)(=O)c1cccc2sc(N(CCN3CCOCC3)C(=O)COc3ccc4ccccc4c3)nc12. The van der Waals surface area contributed by atoms with Crippen molar-refractivity contribution in [2.75, 3.05) is 57.2 Å². The number of para-hydroxylation sites is 1. The molecule has 36 heavy (non-hydrogen) atoms. The highest BCUT2D eigenvalue weighted by molar-refractivity contribution is 7.91. The van der Waals surface area contributed by atoms with Gasteiger partial charge in [-0.3, -0.25) is 14.6 Å². The fraction of sp³-hybridized carbons (Fsp3) is 0.308. The van der Waals surface area contributed by atoms with Crippen LogP contribution in [-0.4, -0.2) is 76.5 Å². The number of hydrogen-bond acceptors (Lipinski definition) is 8. The maximum Gasteiger partial charge on any atom is 0.266 e. The van der Waals surface area contributed by atoms with E-state index in [1.54, 1.807) is 17.0 Å². The molecule has 1 saturated heterocycles. The number of ether oxygens (including phenoxy) is 2. The highest BCUT2D eigenvalue weighted by Crippen LogP contribution is 2.33. The van der Waals surface area contributed by atoms with E-state index in [9.17, 15) is 13.2 Å². The summed E-state index contributed by atoms with van der Waals surface area (Å²) in [5.74, 6) is 0.371. The molecule has 1 aliphatic rings. The number of anilines is 1. The lowest BCUT2D eigenvalue weighted by Crippen LogP contribution is -2.44. The van der Waals surface area contributed by atoms with Crippen LogP contribution < -0.4 is 9.64 Å². The summed E-state index contributed by atoms with van der Waals surface area (Å²) < 4.78 is 36.6. The number of sulfone groups is 1. The molecule has 188 valence electrons. The average molecular weight is 526 g/mol. The Labute approximate surface area is 214 Å². The molecule has 5 rings (SSSR count). The predicted octanol–water partition coefficient (Wildman–Crippen LogP) is 3.60. The zero-order valence-corrected chi connectivity index (χ0v) is 21.6. The molecule has 0 unspecified atom stereocenters. The van der Waals surface area contributed by atoms with E-state index in [1.807, 2.05) is 48.5 Å². The van der Waals surface area contributed by atoms with Gasteiger partial charge < -0.3 is 9.47 Å². The standard InChI is InChI=1S/C26H27N3O5S2/c1-36(31,32)23-8-4-7-22-25(23)27-26(35-22)29(12-11-28-13-15-33-16-14-28)24(30)18-34-21-10-9-19-5-2-3-6-20(19)17-21/h2-10,17H,11-16,18H2,1H3. The minimum absolute atomic E-state index is 0.156. The number of morpholine rings is 1. The van der Waals surface area contributed by atoms with Crippen LogP contribution in [0.4, 0.5) is 5.13 Å². The largest absolute Gasteiger partial charge is 0.484 e. The fourth-order valence-corrected chi connectivity index (χ4v) is 6.13. The van der Waals surface area contributed by atoms with Crippen molar-refractivity contribution in [3.05, 3.63) is 60.7 Å². The number of rotatable bonds is 8. The summed E-state index contributed by atoms with van der Waals surface area (Å²) in [6, 6.07) is 18.8. The third kappa shape index (κ3) is 5.52. The van der Waals surface area contributed by atoms with E-state index >= 15 is 0 Å². The molecule has 4 aromatic rings. The Kier molecular flexibility index (Phi) is 7.20. The van der Waals surface area contributed by atoms with Crippen molar-refractivity contribution in [1.82, 2.24) is 9.88 Å². The fourth-order valence-electron chi connectivity index (χ4n) is 4.20. The van der Waals surface area contributed by atoms with Crippen LogP contribution in [0.25, 0.3) is 21.0 Å². The van der Waals surface area contributed by atoms with Gasteiger partial charge in [-0.1, -0.05) is 47.7 Å². The average Bonchev–Trinajstić information content (AvgIpc) is 3.31. The summed E-state index contributed by atoms with van der Waals surface area (Å²) in [4.78, 5) is 22.0. The molecule has 0 radical (unpaired) electrons. The first kappa shape index (κ1) is 24.6. The van der Waals surface area contributed by atoms with Crippen LogP contribution in [0.1, 0.15) is 0 Å². The molecule has 0 bridgehead atoms. The second kappa shape index (κ2) is 10.5. The van der Waals surface area contributed by atoms with Crippen molar-refractivity contribution >= 4 is 53.2 Å². The van der Waals surface area contributed by atoms with E-state index in [-0.39, 0.29) is 17.4 Å². The molecule has 0 spiro atoms. The smallest absolute Gasteiger partial charge is 0.266 e. The first-order valence-electron chi connectivity index (χ1n) is 11.7. The first-order chi connectivity index (χ1) is 17.4. The Morgan fingerprint density at radius 3 is 2.64 bits per heavy atom. The third-order valence-corrected chi connectivity index (χ3v) is 8.30. The highest BCUT2D eigenvalue weighted by Gasteiger charge is 2.24. The van der Waals surface area contributed by atoms with Gasteiger partial charge >= 0.3 is 0 Å². The molecule has 8 nitrogen and oxygen atoms in total. The van der Waals surface area contributed by atoms with Gasteiger partial charge in [0.25, 0.3) is 5.91 Å². The molecule has 0 aliphatic carbocycles. The van der Waals surface area contributed by atoms with Gasteiger partial charge in [0.05, 0.1) is 22.8 Å². The molecule has 10 heteroatoms. The molecule has 1 aromatic heterocycles. The van der Waals surface area contributed by atoms with Crippen molar-refractivity contribution in [3.8, 4) is 5.75 Å². The minimum Gasteiger partial charge on any atom is -0.484 e. The Morgan fingerprint density at radius 1 is 1.08 bits per heavy atom. The maximum atomic E-state index is 13.4. The number of carbonyl (C=O) groups is 1. The van der Waals surface area contributed by atoms with E-state index in [1.165, 1.54) is 17.6 Å². The molecule has 1 amide bonds. The van der Waals surface area contributed by atoms with E-state index in [2.05, 4.69) is 9.88 Å². The van der Waals surface area contributed by atoms with Crippen molar-refractivity contribution < 1.29 is 22.7 Å². The Hall–Kier alpha value is -3.05. The van der Waals surface area contributed by atoms with E-state index in [4.69, 9.17) is 9.47 Å². The van der Waals surface area contributed by atoms with Crippen molar-refractivity contribution in [1.29, 1.82) is 0 Å².